The average molecular weight is 355 g/mol. The number of aryl methyl sites for hydroxylation is 2. The van der Waals surface area contributed by atoms with E-state index in [1.54, 1.807) is 0 Å². The fraction of sp³-hybridized carbons (Fsp3) is 0.267. The molecule has 124 valence electrons. The Bertz CT molecular complexity index is 791. The molecule has 0 bridgehead atoms. The molecule has 2 N–H and O–H groups in total. The zero-order chi connectivity index (χ0) is 17.0. The third kappa shape index (κ3) is 4.54. The minimum absolute atomic E-state index is 0.0627. The van der Waals surface area contributed by atoms with E-state index in [0.717, 1.165) is 28.2 Å². The quantitative estimate of drug-likeness (QED) is 0.633. The van der Waals surface area contributed by atoms with Crippen molar-refractivity contribution in [1.82, 2.24) is 0 Å². The van der Waals surface area contributed by atoms with Gasteiger partial charge in [-0.15, -0.1) is 11.3 Å². The van der Waals surface area contributed by atoms with Crippen LogP contribution in [-0.4, -0.2) is 27.6 Å². The Morgan fingerprint density at radius 2 is 1.87 bits per heavy atom. The summed E-state index contributed by atoms with van der Waals surface area (Å²) in [5, 5.41) is 6.39. The van der Waals surface area contributed by atoms with E-state index < -0.39 is 16.0 Å². The number of nitrogens with two attached hydrogens (primary N) is 1. The summed E-state index contributed by atoms with van der Waals surface area (Å²) in [7, 11) is -3.80. The van der Waals surface area contributed by atoms with Gasteiger partial charge < -0.3 is 9.47 Å². The lowest BCUT2D eigenvalue weighted by Gasteiger charge is -2.11. The Kier molecular flexibility index (Phi) is 5.40. The van der Waals surface area contributed by atoms with Crippen LogP contribution in [0.15, 0.2) is 33.9 Å². The monoisotopic (exact) mass is 355 g/mol. The molecule has 0 spiro atoms. The van der Waals surface area contributed by atoms with Crippen LogP contribution in [-0.2, 0) is 14.8 Å². The maximum absolute atomic E-state index is 11.8. The van der Waals surface area contributed by atoms with Gasteiger partial charge in [-0.2, -0.15) is 0 Å². The van der Waals surface area contributed by atoms with E-state index in [0.29, 0.717) is 0 Å². The highest BCUT2D eigenvalue weighted by Gasteiger charge is 2.16. The van der Waals surface area contributed by atoms with Crippen molar-refractivity contribution in [3.63, 3.8) is 0 Å². The molecule has 0 saturated carbocycles. The van der Waals surface area contributed by atoms with Crippen molar-refractivity contribution in [3.8, 4) is 5.75 Å². The van der Waals surface area contributed by atoms with Gasteiger partial charge in [0.1, 0.15) is 23.2 Å². The lowest BCUT2D eigenvalue weighted by atomic mass is 10.1. The molecule has 0 atom stereocenters. The van der Waals surface area contributed by atoms with Crippen molar-refractivity contribution < 1.29 is 22.7 Å². The number of esters is 1. The van der Waals surface area contributed by atoms with Gasteiger partial charge in [0.25, 0.3) is 0 Å². The van der Waals surface area contributed by atoms with E-state index in [1.807, 2.05) is 32.0 Å². The number of para-hydroxylation sites is 1. The fourth-order valence-corrected chi connectivity index (χ4v) is 3.54. The molecule has 0 saturated heterocycles. The first-order valence-electron chi connectivity index (χ1n) is 6.76. The molecule has 0 radical (unpaired) electrons. The highest BCUT2D eigenvalue weighted by Crippen LogP contribution is 2.22. The van der Waals surface area contributed by atoms with Crippen LogP contribution >= 0.6 is 11.3 Å². The Hall–Kier alpha value is -1.90. The van der Waals surface area contributed by atoms with Gasteiger partial charge in [0.2, 0.25) is 10.0 Å². The maximum Gasteiger partial charge on any atom is 0.339 e. The first-order chi connectivity index (χ1) is 10.8. The van der Waals surface area contributed by atoms with Crippen LogP contribution in [0.3, 0.4) is 0 Å². The van der Waals surface area contributed by atoms with E-state index in [1.165, 1.54) is 11.4 Å². The smallest absolute Gasteiger partial charge is 0.339 e. The third-order valence-electron chi connectivity index (χ3n) is 3.06. The minimum atomic E-state index is -3.80. The number of carbonyl (C=O) groups excluding carboxylic acids is 1. The van der Waals surface area contributed by atoms with Gasteiger partial charge in [0, 0.05) is 5.38 Å². The largest absolute Gasteiger partial charge is 0.489 e. The molecule has 2 rings (SSSR count). The normalized spacial score (nSPS) is 11.3. The van der Waals surface area contributed by atoms with E-state index in [-0.39, 0.29) is 23.0 Å². The first kappa shape index (κ1) is 17.5. The van der Waals surface area contributed by atoms with Crippen LogP contribution in [0.5, 0.6) is 5.75 Å². The van der Waals surface area contributed by atoms with Crippen molar-refractivity contribution in [2.45, 2.75) is 18.1 Å². The Morgan fingerprint density at radius 1 is 1.22 bits per heavy atom. The fourth-order valence-electron chi connectivity index (χ4n) is 1.96. The summed E-state index contributed by atoms with van der Waals surface area (Å²) in [6.07, 6.45) is 0. The highest BCUT2D eigenvalue weighted by atomic mass is 32.2. The molecule has 0 aliphatic rings. The summed E-state index contributed by atoms with van der Waals surface area (Å²) in [4.78, 5) is 11.8. The average Bonchev–Trinajstić information content (AvgIpc) is 2.95. The predicted molar refractivity (Wildman–Crippen MR) is 87.4 cm³/mol. The van der Waals surface area contributed by atoms with Gasteiger partial charge >= 0.3 is 5.97 Å². The summed E-state index contributed by atoms with van der Waals surface area (Å²) in [5.74, 6) is 0.164. The van der Waals surface area contributed by atoms with Crippen molar-refractivity contribution in [3.05, 3.63) is 46.3 Å². The van der Waals surface area contributed by atoms with Gasteiger partial charge in [0.05, 0.1) is 5.56 Å². The van der Waals surface area contributed by atoms with E-state index >= 15 is 0 Å². The van der Waals surface area contributed by atoms with Gasteiger partial charge in [-0.05, 0) is 31.0 Å². The van der Waals surface area contributed by atoms with E-state index in [4.69, 9.17) is 14.6 Å². The van der Waals surface area contributed by atoms with Gasteiger partial charge in [-0.3, -0.25) is 0 Å². The molecular weight excluding hydrogens is 338 g/mol. The molecule has 1 heterocycles. The molecule has 0 fully saturated rings. The van der Waals surface area contributed by atoms with Gasteiger partial charge in [-0.1, -0.05) is 18.2 Å². The Labute approximate surface area is 138 Å². The zero-order valence-corrected chi connectivity index (χ0v) is 14.4. The van der Waals surface area contributed by atoms with E-state index in [2.05, 4.69) is 0 Å². The number of primary sulfonamides is 1. The predicted octanol–water partition coefficient (Wildman–Crippen LogP) is 2.25. The second-order valence-corrected chi connectivity index (χ2v) is 7.60. The molecule has 0 amide bonds. The van der Waals surface area contributed by atoms with Crippen LogP contribution in [0.4, 0.5) is 0 Å². The molecule has 1 aromatic heterocycles. The topological polar surface area (TPSA) is 95.7 Å². The number of sulfonamides is 1. The van der Waals surface area contributed by atoms with Crippen molar-refractivity contribution in [2.75, 3.05) is 13.2 Å². The van der Waals surface area contributed by atoms with Crippen molar-refractivity contribution in [1.29, 1.82) is 0 Å². The number of ether oxygens (including phenoxy) is 2. The zero-order valence-electron chi connectivity index (χ0n) is 12.7. The highest BCUT2D eigenvalue weighted by molar-refractivity contribution is 7.91. The lowest BCUT2D eigenvalue weighted by Crippen LogP contribution is -2.13. The van der Waals surface area contributed by atoms with Crippen LogP contribution in [0.25, 0.3) is 0 Å². The van der Waals surface area contributed by atoms with Crippen LogP contribution < -0.4 is 9.88 Å². The summed E-state index contributed by atoms with van der Waals surface area (Å²) in [6.45, 7) is 4.15. The Morgan fingerprint density at radius 3 is 2.43 bits per heavy atom. The number of benzene rings is 1. The summed E-state index contributed by atoms with van der Waals surface area (Å²) in [5.41, 5.74) is 2.17. The van der Waals surface area contributed by atoms with Crippen molar-refractivity contribution >= 4 is 27.3 Å². The molecule has 0 aliphatic carbocycles. The molecule has 0 aliphatic heterocycles. The maximum atomic E-state index is 11.8. The summed E-state index contributed by atoms with van der Waals surface area (Å²) >= 11 is 0.880. The first-order valence-corrected chi connectivity index (χ1v) is 9.19. The number of hydrogen-bond donors (Lipinski definition) is 1. The number of hydrogen-bond acceptors (Lipinski definition) is 6. The molecule has 6 nitrogen and oxygen atoms in total. The second kappa shape index (κ2) is 7.12. The molecule has 8 heteroatoms. The lowest BCUT2D eigenvalue weighted by molar-refractivity contribution is 0.0450. The third-order valence-corrected chi connectivity index (χ3v) is 5.45. The molecule has 23 heavy (non-hydrogen) atoms. The van der Waals surface area contributed by atoms with Crippen LogP contribution in [0.2, 0.25) is 0 Å². The minimum Gasteiger partial charge on any atom is -0.489 e. The second-order valence-electron chi connectivity index (χ2n) is 4.90. The van der Waals surface area contributed by atoms with E-state index in [9.17, 15) is 13.2 Å². The SMILES string of the molecule is Cc1cccc(C)c1OCCOC(=O)c1csc(S(N)(=O)=O)c1. The molecule has 0 unspecified atom stereocenters. The number of carbonyl (C=O) groups is 1. The molecular formula is C15H17NO5S2. The molecule has 2 aromatic rings. The standard InChI is InChI=1S/C15H17NO5S2/c1-10-4-3-5-11(2)14(10)20-6-7-21-15(17)12-8-13(22-9-12)23(16,18)19/h3-5,8-9H,6-7H2,1-2H3,(H2,16,18,19). The van der Waals surface area contributed by atoms with Crippen LogP contribution in [0.1, 0.15) is 21.5 Å². The Balaban J connectivity index is 1.87. The number of thiophene rings is 1. The molecule has 1 aromatic carbocycles. The van der Waals surface area contributed by atoms with Gasteiger partial charge in [0.15, 0.2) is 0 Å². The summed E-state index contributed by atoms with van der Waals surface area (Å²) < 4.78 is 32.9. The van der Waals surface area contributed by atoms with Gasteiger partial charge in [-0.25, -0.2) is 18.4 Å². The van der Waals surface area contributed by atoms with Crippen molar-refractivity contribution in [2.24, 2.45) is 5.14 Å². The number of rotatable bonds is 6. The summed E-state index contributed by atoms with van der Waals surface area (Å²) in [6, 6.07) is 7.02. The van der Waals surface area contributed by atoms with Crippen LogP contribution in [0, 0.1) is 13.8 Å².